The van der Waals surface area contributed by atoms with Crippen molar-refractivity contribution in [2.75, 3.05) is 6.54 Å². The van der Waals surface area contributed by atoms with E-state index in [0.717, 1.165) is 0 Å². The molecule has 0 bridgehead atoms. The maximum atomic E-state index is 10.8. The average Bonchev–Trinajstić information content (AvgIpc) is 2.43. The molecular formula is C9H17NO3. The molecule has 1 heterocycles. The molecule has 4 heteroatoms. The third kappa shape index (κ3) is 1.63. The first kappa shape index (κ1) is 10.3. The fourth-order valence-corrected chi connectivity index (χ4v) is 2.17. The van der Waals surface area contributed by atoms with Gasteiger partial charge in [-0.2, -0.15) is 0 Å². The Labute approximate surface area is 78.2 Å². The molecule has 0 saturated carbocycles. The Hall–Kier alpha value is -0.770. The number of carbonyl (C=O) groups is 1. The quantitative estimate of drug-likeness (QED) is 0.684. The number of carboxylic acid groups (broad SMARTS) is 1. The van der Waals surface area contributed by atoms with Gasteiger partial charge in [0.05, 0.1) is 11.6 Å². The summed E-state index contributed by atoms with van der Waals surface area (Å²) < 4.78 is 0. The van der Waals surface area contributed by atoms with Crippen molar-refractivity contribution in [3.05, 3.63) is 0 Å². The van der Waals surface area contributed by atoms with Crippen molar-refractivity contribution >= 4 is 6.09 Å². The van der Waals surface area contributed by atoms with Gasteiger partial charge in [0.1, 0.15) is 0 Å². The monoisotopic (exact) mass is 187 g/mol. The van der Waals surface area contributed by atoms with E-state index in [-0.39, 0.29) is 6.04 Å². The van der Waals surface area contributed by atoms with Gasteiger partial charge in [0.25, 0.3) is 0 Å². The number of hydrogen-bond donors (Lipinski definition) is 2. The van der Waals surface area contributed by atoms with Crippen LogP contribution in [0.1, 0.15) is 33.1 Å². The minimum absolute atomic E-state index is 0.227. The number of rotatable bonds is 2. The van der Waals surface area contributed by atoms with Crippen LogP contribution in [-0.2, 0) is 0 Å². The third-order valence-electron chi connectivity index (χ3n) is 3.03. The predicted molar refractivity (Wildman–Crippen MR) is 48.7 cm³/mol. The van der Waals surface area contributed by atoms with E-state index in [4.69, 9.17) is 5.11 Å². The van der Waals surface area contributed by atoms with E-state index in [9.17, 15) is 9.90 Å². The van der Waals surface area contributed by atoms with Crippen molar-refractivity contribution < 1.29 is 15.0 Å². The number of amides is 1. The summed E-state index contributed by atoms with van der Waals surface area (Å²) >= 11 is 0. The van der Waals surface area contributed by atoms with Crippen molar-refractivity contribution in [1.82, 2.24) is 4.90 Å². The van der Waals surface area contributed by atoms with E-state index in [1.54, 1.807) is 0 Å². The summed E-state index contributed by atoms with van der Waals surface area (Å²) in [7, 11) is 0. The maximum Gasteiger partial charge on any atom is 0.407 e. The summed E-state index contributed by atoms with van der Waals surface area (Å²) in [5.74, 6) is 0. The van der Waals surface area contributed by atoms with Crippen LogP contribution in [0.2, 0.25) is 0 Å². The van der Waals surface area contributed by atoms with Crippen LogP contribution < -0.4 is 0 Å². The Morgan fingerprint density at radius 3 is 2.62 bits per heavy atom. The molecule has 2 atom stereocenters. The van der Waals surface area contributed by atoms with Gasteiger partial charge in [0.15, 0.2) is 0 Å². The molecule has 0 aromatic rings. The van der Waals surface area contributed by atoms with E-state index in [1.807, 2.05) is 13.8 Å². The summed E-state index contributed by atoms with van der Waals surface area (Å²) in [4.78, 5) is 12.1. The Bertz CT molecular complexity index is 207. The van der Waals surface area contributed by atoms with Crippen molar-refractivity contribution in [2.45, 2.75) is 44.8 Å². The van der Waals surface area contributed by atoms with Gasteiger partial charge < -0.3 is 15.1 Å². The van der Waals surface area contributed by atoms with E-state index >= 15 is 0 Å². The predicted octanol–water partition coefficient (Wildman–Crippen LogP) is 1.29. The molecule has 1 aliphatic rings. The van der Waals surface area contributed by atoms with Crippen LogP contribution in [-0.4, -0.2) is 39.4 Å². The second-order valence-electron chi connectivity index (χ2n) is 3.61. The maximum absolute atomic E-state index is 10.8. The molecule has 2 N–H and O–H groups in total. The summed E-state index contributed by atoms with van der Waals surface area (Å²) in [6, 6.07) is -0.227. The SMILES string of the molecule is CCC1N(C(=O)O)CCC1(O)CC. The molecule has 1 rings (SSSR count). The molecule has 76 valence electrons. The lowest BCUT2D eigenvalue weighted by Crippen LogP contribution is -2.45. The molecule has 4 nitrogen and oxygen atoms in total. The standard InChI is InChI=1S/C9H17NO3/c1-3-7-9(13,4-2)5-6-10(7)8(11)12/h7,13H,3-6H2,1-2H3,(H,11,12). The molecular weight excluding hydrogens is 170 g/mol. The zero-order valence-electron chi connectivity index (χ0n) is 8.16. The zero-order valence-corrected chi connectivity index (χ0v) is 8.16. The highest BCUT2D eigenvalue weighted by Gasteiger charge is 2.45. The van der Waals surface area contributed by atoms with Crippen LogP contribution in [0.15, 0.2) is 0 Å². The Morgan fingerprint density at radius 2 is 2.23 bits per heavy atom. The molecule has 1 fully saturated rings. The minimum Gasteiger partial charge on any atom is -0.465 e. The fourth-order valence-electron chi connectivity index (χ4n) is 2.17. The lowest BCUT2D eigenvalue weighted by atomic mass is 9.90. The van der Waals surface area contributed by atoms with Gasteiger partial charge in [-0.15, -0.1) is 0 Å². The van der Waals surface area contributed by atoms with Crippen molar-refractivity contribution in [1.29, 1.82) is 0 Å². The van der Waals surface area contributed by atoms with Gasteiger partial charge >= 0.3 is 6.09 Å². The smallest absolute Gasteiger partial charge is 0.407 e. The van der Waals surface area contributed by atoms with Crippen molar-refractivity contribution in [3.8, 4) is 0 Å². The van der Waals surface area contributed by atoms with Gasteiger partial charge in [-0.05, 0) is 19.3 Å². The fraction of sp³-hybridized carbons (Fsp3) is 0.889. The van der Waals surface area contributed by atoms with Crippen LogP contribution in [0.5, 0.6) is 0 Å². The number of likely N-dealkylation sites (tertiary alicyclic amines) is 1. The first-order chi connectivity index (χ1) is 6.05. The summed E-state index contributed by atoms with van der Waals surface area (Å²) in [6.45, 7) is 4.26. The lowest BCUT2D eigenvalue weighted by molar-refractivity contribution is 0.000966. The molecule has 0 radical (unpaired) electrons. The largest absolute Gasteiger partial charge is 0.465 e. The van der Waals surface area contributed by atoms with Crippen molar-refractivity contribution in [2.24, 2.45) is 0 Å². The highest BCUT2D eigenvalue weighted by Crippen LogP contribution is 2.33. The topological polar surface area (TPSA) is 60.8 Å². The summed E-state index contributed by atoms with van der Waals surface area (Å²) in [5, 5.41) is 18.9. The summed E-state index contributed by atoms with van der Waals surface area (Å²) in [5.41, 5.74) is -0.798. The Balaban J connectivity index is 2.80. The molecule has 1 amide bonds. The lowest BCUT2D eigenvalue weighted by Gasteiger charge is -2.31. The molecule has 1 aliphatic heterocycles. The number of nitrogens with zero attached hydrogens (tertiary/aromatic N) is 1. The van der Waals surface area contributed by atoms with Crippen LogP contribution in [0.25, 0.3) is 0 Å². The molecule has 0 aliphatic carbocycles. The van der Waals surface area contributed by atoms with E-state index in [1.165, 1.54) is 4.90 Å². The number of aliphatic hydroxyl groups is 1. The van der Waals surface area contributed by atoms with E-state index in [0.29, 0.717) is 25.8 Å². The van der Waals surface area contributed by atoms with Crippen LogP contribution in [0.3, 0.4) is 0 Å². The van der Waals surface area contributed by atoms with Gasteiger partial charge in [-0.25, -0.2) is 4.79 Å². The van der Waals surface area contributed by atoms with Gasteiger partial charge in [0.2, 0.25) is 0 Å². The van der Waals surface area contributed by atoms with Crippen LogP contribution >= 0.6 is 0 Å². The zero-order chi connectivity index (χ0) is 10.1. The Morgan fingerprint density at radius 1 is 1.62 bits per heavy atom. The van der Waals surface area contributed by atoms with Gasteiger partial charge in [-0.3, -0.25) is 0 Å². The highest BCUT2D eigenvalue weighted by molar-refractivity contribution is 5.66. The molecule has 1 saturated heterocycles. The normalized spacial score (nSPS) is 33.8. The summed E-state index contributed by atoms with van der Waals surface area (Å²) in [6.07, 6.45) is 0.941. The highest BCUT2D eigenvalue weighted by atomic mass is 16.4. The van der Waals surface area contributed by atoms with E-state index in [2.05, 4.69) is 0 Å². The average molecular weight is 187 g/mol. The van der Waals surface area contributed by atoms with Gasteiger partial charge in [0, 0.05) is 6.54 Å². The molecule has 0 aromatic heterocycles. The minimum atomic E-state index is -0.920. The van der Waals surface area contributed by atoms with Crippen LogP contribution in [0.4, 0.5) is 4.79 Å². The number of hydrogen-bond acceptors (Lipinski definition) is 2. The molecule has 2 unspecified atom stereocenters. The molecule has 0 aromatic carbocycles. The third-order valence-corrected chi connectivity index (χ3v) is 3.03. The first-order valence-corrected chi connectivity index (χ1v) is 4.77. The molecule has 13 heavy (non-hydrogen) atoms. The van der Waals surface area contributed by atoms with Gasteiger partial charge in [-0.1, -0.05) is 13.8 Å². The van der Waals surface area contributed by atoms with Crippen LogP contribution in [0, 0.1) is 0 Å². The Kier molecular flexibility index (Phi) is 2.81. The first-order valence-electron chi connectivity index (χ1n) is 4.77. The molecule has 0 spiro atoms. The van der Waals surface area contributed by atoms with E-state index < -0.39 is 11.7 Å². The van der Waals surface area contributed by atoms with Crippen molar-refractivity contribution in [3.63, 3.8) is 0 Å². The second-order valence-corrected chi connectivity index (χ2v) is 3.61. The second kappa shape index (κ2) is 3.54.